The average Bonchev–Trinajstić information content (AvgIpc) is 3.37. The number of amides is 1. The predicted molar refractivity (Wildman–Crippen MR) is 122 cm³/mol. The molecule has 0 spiro atoms. The van der Waals surface area contributed by atoms with Crippen LogP contribution in [-0.2, 0) is 6.42 Å². The molecule has 1 aliphatic rings. The molecule has 2 aromatic rings. The van der Waals surface area contributed by atoms with Crippen molar-refractivity contribution >= 4 is 35.8 Å². The third kappa shape index (κ3) is 6.54. The van der Waals surface area contributed by atoms with Crippen LogP contribution in [0, 0.1) is 5.92 Å². The molecule has 1 unspecified atom stereocenters. The van der Waals surface area contributed by atoms with Crippen LogP contribution in [0.25, 0.3) is 0 Å². The topological polar surface area (TPSA) is 69.9 Å². The van der Waals surface area contributed by atoms with Gasteiger partial charge in [0, 0.05) is 26.2 Å². The summed E-state index contributed by atoms with van der Waals surface area (Å²) in [5, 5.41) is 6.20. The van der Waals surface area contributed by atoms with Crippen LogP contribution < -0.4 is 10.6 Å². The summed E-state index contributed by atoms with van der Waals surface area (Å²) in [6, 6.07) is 14.0. The van der Waals surface area contributed by atoms with E-state index in [4.69, 9.17) is 4.42 Å². The zero-order valence-electron chi connectivity index (χ0n) is 16.3. The minimum absolute atomic E-state index is 0. The standard InChI is InChI=1S/C21H28N4O2.HI/c1-2-22-21(24-12-11-23-20(26)19-9-6-14-27-19)25-13-10-18(16-25)15-17-7-4-3-5-8-17;/h3-9,14,18H,2,10-13,15-16H2,1H3,(H,22,24)(H,23,26);1H. The van der Waals surface area contributed by atoms with E-state index in [0.29, 0.717) is 24.8 Å². The fourth-order valence-corrected chi connectivity index (χ4v) is 3.39. The van der Waals surface area contributed by atoms with E-state index >= 15 is 0 Å². The molecule has 1 amide bonds. The fourth-order valence-electron chi connectivity index (χ4n) is 3.39. The second-order valence-corrected chi connectivity index (χ2v) is 6.76. The fraction of sp³-hybridized carbons (Fsp3) is 0.429. The second-order valence-electron chi connectivity index (χ2n) is 6.76. The lowest BCUT2D eigenvalue weighted by atomic mass is 9.99. The summed E-state index contributed by atoms with van der Waals surface area (Å²) in [5.41, 5.74) is 1.40. The molecule has 2 N–H and O–H groups in total. The van der Waals surface area contributed by atoms with Gasteiger partial charge >= 0.3 is 0 Å². The lowest BCUT2D eigenvalue weighted by Crippen LogP contribution is -2.40. The number of benzene rings is 1. The predicted octanol–water partition coefficient (Wildman–Crippen LogP) is 3.16. The van der Waals surface area contributed by atoms with Crippen molar-refractivity contribution in [2.24, 2.45) is 10.9 Å². The van der Waals surface area contributed by atoms with Crippen LogP contribution in [0.3, 0.4) is 0 Å². The van der Waals surface area contributed by atoms with E-state index in [2.05, 4.69) is 57.8 Å². The first-order chi connectivity index (χ1) is 13.3. The molecule has 6 nitrogen and oxygen atoms in total. The number of nitrogens with zero attached hydrogens (tertiary/aromatic N) is 2. The Bertz CT molecular complexity index is 734. The SMILES string of the molecule is CCNC(=NCCNC(=O)c1ccco1)N1CCC(Cc2ccccc2)C1.I. The molecule has 1 aromatic heterocycles. The van der Waals surface area contributed by atoms with Crippen molar-refractivity contribution in [2.75, 3.05) is 32.7 Å². The van der Waals surface area contributed by atoms with Gasteiger partial charge in [-0.2, -0.15) is 0 Å². The molecule has 28 heavy (non-hydrogen) atoms. The van der Waals surface area contributed by atoms with Gasteiger partial charge in [-0.05, 0) is 43.4 Å². The maximum absolute atomic E-state index is 11.9. The molecule has 7 heteroatoms. The number of likely N-dealkylation sites (tertiary alicyclic amines) is 1. The zero-order valence-corrected chi connectivity index (χ0v) is 18.6. The van der Waals surface area contributed by atoms with Crippen molar-refractivity contribution in [1.29, 1.82) is 0 Å². The van der Waals surface area contributed by atoms with Crippen LogP contribution in [0.5, 0.6) is 0 Å². The van der Waals surface area contributed by atoms with E-state index in [-0.39, 0.29) is 29.9 Å². The van der Waals surface area contributed by atoms with Crippen LogP contribution in [0.2, 0.25) is 0 Å². The number of hydrogen-bond acceptors (Lipinski definition) is 3. The maximum Gasteiger partial charge on any atom is 0.287 e. The summed E-state index contributed by atoms with van der Waals surface area (Å²) < 4.78 is 5.09. The lowest BCUT2D eigenvalue weighted by Gasteiger charge is -2.21. The summed E-state index contributed by atoms with van der Waals surface area (Å²) in [7, 11) is 0. The smallest absolute Gasteiger partial charge is 0.287 e. The van der Waals surface area contributed by atoms with Gasteiger partial charge in [-0.1, -0.05) is 30.3 Å². The minimum atomic E-state index is -0.204. The number of guanidine groups is 1. The Morgan fingerprint density at radius 1 is 1.21 bits per heavy atom. The van der Waals surface area contributed by atoms with Crippen molar-refractivity contribution < 1.29 is 9.21 Å². The molecule has 0 radical (unpaired) electrons. The van der Waals surface area contributed by atoms with E-state index in [9.17, 15) is 4.79 Å². The molecule has 1 aromatic carbocycles. The Labute approximate surface area is 183 Å². The minimum Gasteiger partial charge on any atom is -0.459 e. The quantitative estimate of drug-likeness (QED) is 0.268. The Balaban J connectivity index is 0.00000280. The van der Waals surface area contributed by atoms with Gasteiger partial charge < -0.3 is 20.0 Å². The Morgan fingerprint density at radius 3 is 2.75 bits per heavy atom. The van der Waals surface area contributed by atoms with Gasteiger partial charge in [0.15, 0.2) is 11.7 Å². The third-order valence-electron chi connectivity index (χ3n) is 4.69. The van der Waals surface area contributed by atoms with Gasteiger partial charge in [0.1, 0.15) is 0 Å². The van der Waals surface area contributed by atoms with E-state index in [1.807, 2.05) is 0 Å². The first kappa shape index (κ1) is 22.3. The molecular weight excluding hydrogens is 467 g/mol. The number of nitrogens with one attached hydrogen (secondary N) is 2. The van der Waals surface area contributed by atoms with Gasteiger partial charge in [-0.25, -0.2) is 0 Å². The number of aliphatic imine (C=N–C) groups is 1. The molecule has 1 atom stereocenters. The first-order valence-corrected chi connectivity index (χ1v) is 9.65. The summed E-state index contributed by atoms with van der Waals surface area (Å²) in [6.45, 7) is 5.95. The largest absolute Gasteiger partial charge is 0.459 e. The van der Waals surface area contributed by atoms with Gasteiger partial charge in [-0.15, -0.1) is 24.0 Å². The van der Waals surface area contributed by atoms with Gasteiger partial charge in [0.05, 0.1) is 12.8 Å². The van der Waals surface area contributed by atoms with Gasteiger partial charge in [0.2, 0.25) is 0 Å². The summed E-state index contributed by atoms with van der Waals surface area (Å²) >= 11 is 0. The van der Waals surface area contributed by atoms with Gasteiger partial charge in [0.25, 0.3) is 5.91 Å². The lowest BCUT2D eigenvalue weighted by molar-refractivity contribution is 0.0927. The van der Waals surface area contributed by atoms with E-state index in [0.717, 1.165) is 32.0 Å². The number of hydrogen-bond donors (Lipinski definition) is 2. The van der Waals surface area contributed by atoms with Crippen LogP contribution in [0.15, 0.2) is 58.1 Å². The highest BCUT2D eigenvalue weighted by molar-refractivity contribution is 14.0. The molecule has 1 aliphatic heterocycles. The summed E-state index contributed by atoms with van der Waals surface area (Å²) in [6.07, 6.45) is 3.78. The number of furan rings is 1. The Morgan fingerprint density at radius 2 is 2.04 bits per heavy atom. The third-order valence-corrected chi connectivity index (χ3v) is 4.69. The van der Waals surface area contributed by atoms with Crippen molar-refractivity contribution in [2.45, 2.75) is 19.8 Å². The molecule has 3 rings (SSSR count). The van der Waals surface area contributed by atoms with Crippen molar-refractivity contribution in [3.05, 3.63) is 60.1 Å². The second kappa shape index (κ2) is 11.7. The highest BCUT2D eigenvalue weighted by Crippen LogP contribution is 2.20. The molecule has 0 aliphatic carbocycles. The highest BCUT2D eigenvalue weighted by atomic mass is 127. The average molecular weight is 496 g/mol. The highest BCUT2D eigenvalue weighted by Gasteiger charge is 2.24. The molecular formula is C21H29IN4O2. The number of rotatable bonds is 7. The molecule has 0 bridgehead atoms. The monoisotopic (exact) mass is 496 g/mol. The van der Waals surface area contributed by atoms with Crippen molar-refractivity contribution in [3.8, 4) is 0 Å². The zero-order chi connectivity index (χ0) is 18.9. The Kier molecular flexibility index (Phi) is 9.33. The van der Waals surface area contributed by atoms with Crippen molar-refractivity contribution in [1.82, 2.24) is 15.5 Å². The van der Waals surface area contributed by atoms with E-state index in [1.54, 1.807) is 12.1 Å². The van der Waals surface area contributed by atoms with E-state index < -0.39 is 0 Å². The number of carbonyl (C=O) groups excluding carboxylic acids is 1. The van der Waals surface area contributed by atoms with Crippen LogP contribution in [0.1, 0.15) is 29.5 Å². The first-order valence-electron chi connectivity index (χ1n) is 9.65. The normalized spacial score (nSPS) is 16.5. The van der Waals surface area contributed by atoms with Crippen LogP contribution in [-0.4, -0.2) is 49.5 Å². The summed E-state index contributed by atoms with van der Waals surface area (Å²) in [5.74, 6) is 1.70. The van der Waals surface area contributed by atoms with E-state index in [1.165, 1.54) is 18.2 Å². The summed E-state index contributed by atoms with van der Waals surface area (Å²) in [4.78, 5) is 18.9. The molecule has 1 saturated heterocycles. The van der Waals surface area contributed by atoms with Gasteiger partial charge in [-0.3, -0.25) is 9.79 Å². The van der Waals surface area contributed by atoms with Crippen molar-refractivity contribution in [3.63, 3.8) is 0 Å². The molecule has 152 valence electrons. The number of halogens is 1. The van der Waals surface area contributed by atoms with Crippen LogP contribution in [0.4, 0.5) is 0 Å². The molecule has 0 saturated carbocycles. The maximum atomic E-state index is 11.9. The number of carbonyl (C=O) groups is 1. The molecule has 1 fully saturated rings. The molecule has 2 heterocycles. The van der Waals surface area contributed by atoms with Crippen LogP contribution >= 0.6 is 24.0 Å². The Hall–Kier alpha value is -2.03.